The number of aryl methyl sites for hydroxylation is 1. The van der Waals surface area contributed by atoms with Gasteiger partial charge in [-0.2, -0.15) is 0 Å². The summed E-state index contributed by atoms with van der Waals surface area (Å²) in [5.41, 5.74) is 1.79. The highest BCUT2D eigenvalue weighted by atomic mass is 16.4. The highest BCUT2D eigenvalue weighted by Crippen LogP contribution is 2.25. The third-order valence-corrected chi connectivity index (χ3v) is 2.78. The van der Waals surface area contributed by atoms with E-state index in [0.717, 1.165) is 28.5 Å². The topological polar surface area (TPSA) is 66.4 Å². The Balaban J connectivity index is 2.34. The van der Waals surface area contributed by atoms with Gasteiger partial charge in [0, 0.05) is 23.2 Å². The molecule has 0 saturated heterocycles. The number of carbonyl (C=O) groups excluding carboxylic acids is 1. The lowest BCUT2D eigenvalue weighted by molar-refractivity contribution is -0.131. The van der Waals surface area contributed by atoms with E-state index in [2.05, 4.69) is 5.32 Å². The summed E-state index contributed by atoms with van der Waals surface area (Å²) in [6.45, 7) is 2.00. The molecule has 2 N–H and O–H groups in total. The smallest absolute Gasteiger partial charge is 0.328 e. The molecule has 2 aromatic carbocycles. The van der Waals surface area contributed by atoms with Crippen molar-refractivity contribution in [3.05, 3.63) is 54.1 Å². The molecule has 0 saturated carbocycles. The summed E-state index contributed by atoms with van der Waals surface area (Å²) in [5, 5.41) is 13.1. The highest BCUT2D eigenvalue weighted by Gasteiger charge is 2.04. The van der Waals surface area contributed by atoms with Gasteiger partial charge in [-0.1, -0.05) is 30.3 Å². The number of hydrogen-bond acceptors (Lipinski definition) is 2. The van der Waals surface area contributed by atoms with Gasteiger partial charge in [0.1, 0.15) is 0 Å². The van der Waals surface area contributed by atoms with Crippen LogP contribution in [0.25, 0.3) is 10.8 Å². The number of carboxylic acid groups (broad SMARTS) is 1. The van der Waals surface area contributed by atoms with Gasteiger partial charge in [0.05, 0.1) is 0 Å². The molecule has 0 aliphatic heterocycles. The third-order valence-electron chi connectivity index (χ3n) is 2.78. The minimum Gasteiger partial charge on any atom is -0.478 e. The van der Waals surface area contributed by atoms with Gasteiger partial charge in [-0.3, -0.25) is 4.79 Å². The van der Waals surface area contributed by atoms with Crippen LogP contribution in [0.3, 0.4) is 0 Å². The van der Waals surface area contributed by atoms with Crippen molar-refractivity contribution in [2.45, 2.75) is 6.92 Å². The van der Waals surface area contributed by atoms with Crippen molar-refractivity contribution >= 4 is 28.3 Å². The van der Waals surface area contributed by atoms with Gasteiger partial charge >= 0.3 is 5.97 Å². The molecule has 0 fully saturated rings. The summed E-state index contributed by atoms with van der Waals surface area (Å²) in [7, 11) is 0. The summed E-state index contributed by atoms with van der Waals surface area (Å²) in [5.74, 6) is -1.61. The van der Waals surface area contributed by atoms with E-state index in [1.54, 1.807) is 6.07 Å². The molecule has 1 amide bonds. The molecule has 0 heterocycles. The molecule has 4 nitrogen and oxygen atoms in total. The lowest BCUT2D eigenvalue weighted by Crippen LogP contribution is -2.09. The molecular formula is C15H13NO3. The number of rotatable bonds is 3. The van der Waals surface area contributed by atoms with Gasteiger partial charge in [-0.25, -0.2) is 4.79 Å². The molecule has 0 aromatic heterocycles. The van der Waals surface area contributed by atoms with Crippen LogP contribution in [0.4, 0.5) is 5.69 Å². The fraction of sp³-hybridized carbons (Fsp3) is 0.0667. The van der Waals surface area contributed by atoms with Crippen molar-refractivity contribution in [3.63, 3.8) is 0 Å². The maximum atomic E-state index is 11.6. The Hall–Kier alpha value is -2.62. The van der Waals surface area contributed by atoms with Crippen LogP contribution in [0.15, 0.2) is 48.6 Å². The van der Waals surface area contributed by atoms with Crippen LogP contribution in [0.1, 0.15) is 5.56 Å². The summed E-state index contributed by atoms with van der Waals surface area (Å²) >= 11 is 0. The zero-order valence-corrected chi connectivity index (χ0v) is 10.4. The van der Waals surface area contributed by atoms with E-state index in [1.807, 2.05) is 37.3 Å². The van der Waals surface area contributed by atoms with Crippen LogP contribution in [0.2, 0.25) is 0 Å². The molecule has 19 heavy (non-hydrogen) atoms. The lowest BCUT2D eigenvalue weighted by atomic mass is 10.0. The van der Waals surface area contributed by atoms with Crippen LogP contribution >= 0.6 is 0 Å². The number of carbonyl (C=O) groups is 2. The van der Waals surface area contributed by atoms with Gasteiger partial charge in [0.25, 0.3) is 0 Å². The average Bonchev–Trinajstić information content (AvgIpc) is 2.38. The number of nitrogens with one attached hydrogen (secondary N) is 1. The van der Waals surface area contributed by atoms with E-state index >= 15 is 0 Å². The van der Waals surface area contributed by atoms with E-state index in [9.17, 15) is 9.59 Å². The quantitative estimate of drug-likeness (QED) is 0.829. The summed E-state index contributed by atoms with van der Waals surface area (Å²) < 4.78 is 0. The van der Waals surface area contributed by atoms with Crippen molar-refractivity contribution < 1.29 is 14.7 Å². The molecule has 0 aliphatic carbocycles. The van der Waals surface area contributed by atoms with Crippen LogP contribution < -0.4 is 5.32 Å². The minimum absolute atomic E-state index is 0.462. The number of amides is 1. The Morgan fingerprint density at radius 3 is 2.47 bits per heavy atom. The predicted molar refractivity (Wildman–Crippen MR) is 74.1 cm³/mol. The molecule has 0 bridgehead atoms. The fourth-order valence-corrected chi connectivity index (χ4v) is 1.90. The van der Waals surface area contributed by atoms with E-state index in [-0.39, 0.29) is 0 Å². The molecule has 2 aromatic rings. The van der Waals surface area contributed by atoms with Crippen molar-refractivity contribution in [3.8, 4) is 0 Å². The zero-order valence-electron chi connectivity index (χ0n) is 10.4. The van der Waals surface area contributed by atoms with Crippen molar-refractivity contribution in [1.29, 1.82) is 0 Å². The average molecular weight is 255 g/mol. The van der Waals surface area contributed by atoms with E-state index in [1.165, 1.54) is 0 Å². The standard InChI is InChI=1S/C15H13NO3/c1-10-4-2-6-12-11(10)5-3-7-13(12)16-14(17)8-9-15(18)19/h2-9H,1H3,(H,16,17)(H,18,19)/b9-8+. The Morgan fingerprint density at radius 2 is 1.74 bits per heavy atom. The Morgan fingerprint density at radius 1 is 1.05 bits per heavy atom. The predicted octanol–water partition coefficient (Wildman–Crippen LogP) is 2.73. The molecule has 0 aliphatic rings. The number of benzene rings is 2. The molecule has 0 unspecified atom stereocenters. The number of anilines is 1. The zero-order chi connectivity index (χ0) is 13.8. The minimum atomic E-state index is -1.15. The molecule has 96 valence electrons. The first-order valence-corrected chi connectivity index (χ1v) is 5.78. The molecule has 0 radical (unpaired) electrons. The Kier molecular flexibility index (Phi) is 3.61. The SMILES string of the molecule is Cc1cccc2c(NC(=O)/C=C/C(=O)O)cccc12. The van der Waals surface area contributed by atoms with Crippen molar-refractivity contribution in [2.24, 2.45) is 0 Å². The third kappa shape index (κ3) is 2.98. The van der Waals surface area contributed by atoms with Crippen LogP contribution in [-0.4, -0.2) is 17.0 Å². The normalized spacial score (nSPS) is 10.8. The Labute approximate surface area is 110 Å². The fourth-order valence-electron chi connectivity index (χ4n) is 1.90. The van der Waals surface area contributed by atoms with Gasteiger partial charge in [-0.15, -0.1) is 0 Å². The number of fused-ring (bicyclic) bond motifs is 1. The van der Waals surface area contributed by atoms with Crippen molar-refractivity contribution in [2.75, 3.05) is 5.32 Å². The van der Waals surface area contributed by atoms with Gasteiger partial charge in [0.15, 0.2) is 0 Å². The van der Waals surface area contributed by atoms with Gasteiger partial charge in [0.2, 0.25) is 5.91 Å². The molecule has 2 rings (SSSR count). The highest BCUT2D eigenvalue weighted by molar-refractivity contribution is 6.07. The second-order valence-corrected chi connectivity index (χ2v) is 4.14. The largest absolute Gasteiger partial charge is 0.478 e. The number of hydrogen-bond donors (Lipinski definition) is 2. The summed E-state index contributed by atoms with van der Waals surface area (Å²) in [6, 6.07) is 11.4. The molecule has 0 spiro atoms. The van der Waals surface area contributed by atoms with Gasteiger partial charge in [-0.05, 0) is 23.9 Å². The van der Waals surface area contributed by atoms with Crippen LogP contribution in [-0.2, 0) is 9.59 Å². The van der Waals surface area contributed by atoms with Crippen LogP contribution in [0, 0.1) is 6.92 Å². The first kappa shape index (κ1) is 12.8. The number of carboxylic acids is 1. The Bertz CT molecular complexity index is 674. The number of aliphatic carboxylic acids is 1. The molecule has 4 heteroatoms. The van der Waals surface area contributed by atoms with E-state index < -0.39 is 11.9 Å². The lowest BCUT2D eigenvalue weighted by Gasteiger charge is -2.08. The monoisotopic (exact) mass is 255 g/mol. The summed E-state index contributed by atoms with van der Waals surface area (Å²) in [6.07, 6.45) is 1.81. The van der Waals surface area contributed by atoms with Gasteiger partial charge < -0.3 is 10.4 Å². The van der Waals surface area contributed by atoms with E-state index in [0.29, 0.717) is 5.69 Å². The summed E-state index contributed by atoms with van der Waals surface area (Å²) in [4.78, 5) is 21.9. The maximum absolute atomic E-state index is 11.6. The molecule has 0 atom stereocenters. The second-order valence-electron chi connectivity index (χ2n) is 4.14. The second kappa shape index (κ2) is 5.35. The van der Waals surface area contributed by atoms with E-state index in [4.69, 9.17) is 5.11 Å². The maximum Gasteiger partial charge on any atom is 0.328 e. The van der Waals surface area contributed by atoms with Crippen LogP contribution in [0.5, 0.6) is 0 Å². The first-order valence-electron chi connectivity index (χ1n) is 5.78. The first-order chi connectivity index (χ1) is 9.08. The molecular weight excluding hydrogens is 242 g/mol. The van der Waals surface area contributed by atoms with Crippen molar-refractivity contribution in [1.82, 2.24) is 0 Å².